The lowest BCUT2D eigenvalue weighted by molar-refractivity contribution is 0.606. The van der Waals surface area contributed by atoms with Crippen LogP contribution < -0.4 is 5.73 Å². The van der Waals surface area contributed by atoms with Crippen LogP contribution in [0, 0.1) is 23.2 Å². The van der Waals surface area contributed by atoms with Crippen LogP contribution in [0.25, 0.3) is 0 Å². The maximum absolute atomic E-state index is 9.43. The van der Waals surface area contributed by atoms with Gasteiger partial charge in [0, 0.05) is 5.69 Å². The van der Waals surface area contributed by atoms with Crippen molar-refractivity contribution in [1.82, 2.24) is 0 Å². The monoisotopic (exact) mass is 198 g/mol. The first-order valence-corrected chi connectivity index (χ1v) is 5.57. The summed E-state index contributed by atoms with van der Waals surface area (Å²) in [6.45, 7) is 0. The van der Waals surface area contributed by atoms with Crippen molar-refractivity contribution in [3.8, 4) is 6.07 Å². The van der Waals surface area contributed by atoms with Crippen LogP contribution in [-0.4, -0.2) is 0 Å². The highest BCUT2D eigenvalue weighted by atomic mass is 14.7. The smallest absolute Gasteiger partial charge is 0.0904 e. The normalized spacial score (nSPS) is 37.0. The minimum Gasteiger partial charge on any atom is -0.398 e. The summed E-state index contributed by atoms with van der Waals surface area (Å²) in [5.41, 5.74) is 7.60. The first-order valence-electron chi connectivity index (χ1n) is 5.57. The Labute approximate surface area is 89.7 Å². The van der Waals surface area contributed by atoms with Gasteiger partial charge in [-0.15, -0.1) is 0 Å². The maximum atomic E-state index is 9.43. The molecule has 0 saturated heterocycles. The number of hydrogen-bond donors (Lipinski definition) is 1. The van der Waals surface area contributed by atoms with Crippen LogP contribution >= 0.6 is 0 Å². The standard InChI is InChI=1S/C13H14N2/c14-8-13(9-5-3-6-10(9)13)11-4-1-2-7-12(11)15/h1-2,4,7,9-10H,3,5-6,15H2/t9-,10?,13?/m0/s1. The average molecular weight is 198 g/mol. The maximum Gasteiger partial charge on any atom is 0.0904 e. The molecule has 3 rings (SSSR count). The first-order chi connectivity index (χ1) is 7.30. The lowest BCUT2D eigenvalue weighted by atomic mass is 9.88. The molecule has 0 heterocycles. The molecule has 1 aromatic carbocycles. The average Bonchev–Trinajstić information content (AvgIpc) is 2.64. The molecular formula is C13H14N2. The Morgan fingerprint density at radius 1 is 1.27 bits per heavy atom. The molecule has 76 valence electrons. The number of hydrogen-bond acceptors (Lipinski definition) is 2. The van der Waals surface area contributed by atoms with E-state index >= 15 is 0 Å². The van der Waals surface area contributed by atoms with Crippen molar-refractivity contribution < 1.29 is 0 Å². The van der Waals surface area contributed by atoms with E-state index in [0.717, 1.165) is 11.3 Å². The lowest BCUT2D eigenvalue weighted by Crippen LogP contribution is -2.13. The predicted octanol–water partition coefficient (Wildman–Crippen LogP) is 2.46. The summed E-state index contributed by atoms with van der Waals surface area (Å²) in [5.74, 6) is 1.15. The second-order valence-electron chi connectivity index (χ2n) is 4.71. The third-order valence-electron chi connectivity index (χ3n) is 4.17. The van der Waals surface area contributed by atoms with Gasteiger partial charge in [0.05, 0.1) is 11.5 Å². The predicted molar refractivity (Wildman–Crippen MR) is 59.0 cm³/mol. The van der Waals surface area contributed by atoms with E-state index in [1.165, 1.54) is 19.3 Å². The Balaban J connectivity index is 2.08. The number of fused-ring (bicyclic) bond motifs is 1. The summed E-state index contributed by atoms with van der Waals surface area (Å²) in [6, 6.07) is 10.4. The molecule has 0 aromatic heterocycles. The Hall–Kier alpha value is -1.49. The first kappa shape index (κ1) is 8.79. The molecular weight excluding hydrogens is 184 g/mol. The minimum atomic E-state index is -0.233. The van der Waals surface area contributed by atoms with Crippen molar-refractivity contribution in [2.75, 3.05) is 5.73 Å². The van der Waals surface area contributed by atoms with Crippen LogP contribution in [0.15, 0.2) is 24.3 Å². The molecule has 2 N–H and O–H groups in total. The zero-order valence-corrected chi connectivity index (χ0v) is 8.61. The number of benzene rings is 1. The summed E-state index contributed by atoms with van der Waals surface area (Å²) >= 11 is 0. The number of nitriles is 1. The second kappa shape index (κ2) is 2.76. The van der Waals surface area contributed by atoms with Gasteiger partial charge < -0.3 is 5.73 Å². The lowest BCUT2D eigenvalue weighted by Gasteiger charge is -2.14. The van der Waals surface area contributed by atoms with Crippen LogP contribution in [0.1, 0.15) is 24.8 Å². The highest BCUT2D eigenvalue weighted by Gasteiger charge is 2.68. The SMILES string of the molecule is N#CC1(c2ccccc2N)C2CCC[C@@H]21. The topological polar surface area (TPSA) is 49.8 Å². The number of nitrogens with zero attached hydrogens (tertiary/aromatic N) is 1. The van der Waals surface area contributed by atoms with E-state index in [9.17, 15) is 5.26 Å². The van der Waals surface area contributed by atoms with Gasteiger partial charge in [-0.05, 0) is 36.3 Å². The van der Waals surface area contributed by atoms with Gasteiger partial charge in [-0.25, -0.2) is 0 Å². The van der Waals surface area contributed by atoms with Crippen LogP contribution in [0.4, 0.5) is 5.69 Å². The Morgan fingerprint density at radius 3 is 2.53 bits per heavy atom. The third kappa shape index (κ3) is 0.932. The summed E-state index contributed by atoms with van der Waals surface area (Å²) < 4.78 is 0. The highest BCUT2D eigenvalue weighted by molar-refractivity contribution is 5.58. The van der Waals surface area contributed by atoms with E-state index < -0.39 is 0 Å². The second-order valence-corrected chi connectivity index (χ2v) is 4.71. The van der Waals surface area contributed by atoms with E-state index in [1.807, 2.05) is 24.3 Å². The zero-order valence-electron chi connectivity index (χ0n) is 8.61. The molecule has 0 aliphatic heterocycles. The fourth-order valence-corrected chi connectivity index (χ4v) is 3.45. The summed E-state index contributed by atoms with van der Waals surface area (Å²) in [7, 11) is 0. The van der Waals surface area contributed by atoms with Crippen molar-refractivity contribution >= 4 is 5.69 Å². The summed E-state index contributed by atoms with van der Waals surface area (Å²) in [6.07, 6.45) is 3.69. The van der Waals surface area contributed by atoms with Crippen molar-refractivity contribution in [1.29, 1.82) is 5.26 Å². The summed E-state index contributed by atoms with van der Waals surface area (Å²) in [5, 5.41) is 9.43. The number of para-hydroxylation sites is 1. The van der Waals surface area contributed by atoms with E-state index in [4.69, 9.17) is 5.73 Å². The molecule has 2 aliphatic carbocycles. The Kier molecular flexibility index (Phi) is 1.62. The molecule has 15 heavy (non-hydrogen) atoms. The van der Waals surface area contributed by atoms with E-state index in [0.29, 0.717) is 11.8 Å². The Bertz CT molecular complexity index is 434. The minimum absolute atomic E-state index is 0.233. The van der Waals surface area contributed by atoms with Crippen molar-refractivity contribution in [2.45, 2.75) is 24.7 Å². The highest BCUT2D eigenvalue weighted by Crippen LogP contribution is 2.68. The number of nitrogen functional groups attached to an aromatic ring is 1. The van der Waals surface area contributed by atoms with Gasteiger partial charge >= 0.3 is 0 Å². The molecule has 1 aromatic rings. The van der Waals surface area contributed by atoms with E-state index in [-0.39, 0.29) is 5.41 Å². The van der Waals surface area contributed by atoms with Gasteiger partial charge in [0.15, 0.2) is 0 Å². The number of anilines is 1. The van der Waals surface area contributed by atoms with Gasteiger partial charge in [0.25, 0.3) is 0 Å². The molecule has 2 saturated carbocycles. The van der Waals surface area contributed by atoms with Crippen molar-refractivity contribution in [3.05, 3.63) is 29.8 Å². The van der Waals surface area contributed by atoms with Crippen molar-refractivity contribution in [3.63, 3.8) is 0 Å². The van der Waals surface area contributed by atoms with Crippen LogP contribution in [-0.2, 0) is 5.41 Å². The Morgan fingerprint density at radius 2 is 1.93 bits per heavy atom. The molecule has 0 spiro atoms. The van der Waals surface area contributed by atoms with Gasteiger partial charge in [0.1, 0.15) is 0 Å². The van der Waals surface area contributed by atoms with Gasteiger partial charge in [-0.2, -0.15) is 5.26 Å². The largest absolute Gasteiger partial charge is 0.398 e. The number of rotatable bonds is 1. The molecule has 3 atom stereocenters. The molecule has 2 heteroatoms. The number of nitrogens with two attached hydrogens (primary N) is 1. The van der Waals surface area contributed by atoms with E-state index in [1.54, 1.807) is 0 Å². The van der Waals surface area contributed by atoms with Gasteiger partial charge in [-0.1, -0.05) is 24.6 Å². The van der Waals surface area contributed by atoms with Gasteiger partial charge in [0.2, 0.25) is 0 Å². The molecule has 2 aliphatic rings. The molecule has 2 unspecified atom stereocenters. The van der Waals surface area contributed by atoms with Crippen LogP contribution in [0.3, 0.4) is 0 Å². The molecule has 0 bridgehead atoms. The van der Waals surface area contributed by atoms with Crippen LogP contribution in [0.5, 0.6) is 0 Å². The van der Waals surface area contributed by atoms with Gasteiger partial charge in [-0.3, -0.25) is 0 Å². The quantitative estimate of drug-likeness (QED) is 0.705. The zero-order chi connectivity index (χ0) is 10.5. The summed E-state index contributed by atoms with van der Waals surface area (Å²) in [4.78, 5) is 0. The molecule has 0 amide bonds. The van der Waals surface area contributed by atoms with Crippen molar-refractivity contribution in [2.24, 2.45) is 11.8 Å². The molecule has 0 radical (unpaired) electrons. The fourth-order valence-electron chi connectivity index (χ4n) is 3.45. The fraction of sp³-hybridized carbons (Fsp3) is 0.462. The molecule has 2 fully saturated rings. The van der Waals surface area contributed by atoms with Crippen LogP contribution in [0.2, 0.25) is 0 Å². The van der Waals surface area contributed by atoms with E-state index in [2.05, 4.69) is 6.07 Å². The molecule has 2 nitrogen and oxygen atoms in total. The third-order valence-corrected chi connectivity index (χ3v) is 4.17.